The number of aryl methyl sites for hydroxylation is 1. The van der Waals surface area contributed by atoms with E-state index in [0.717, 1.165) is 86.4 Å². The number of carbonyl (C=O) groups excluding carboxylic acids is 2. The Labute approximate surface area is 246 Å². The van der Waals surface area contributed by atoms with Gasteiger partial charge in [-0.15, -0.1) is 0 Å². The Morgan fingerprint density at radius 3 is 2.50 bits per heavy atom. The summed E-state index contributed by atoms with van der Waals surface area (Å²) in [6.07, 6.45) is 5.94. The first kappa shape index (κ1) is 28.6. The summed E-state index contributed by atoms with van der Waals surface area (Å²) in [6, 6.07) is 15.1. The number of carbonyl (C=O) groups is 2. The summed E-state index contributed by atoms with van der Waals surface area (Å²) in [5, 5.41) is 4.20. The quantitative estimate of drug-likeness (QED) is 0.330. The van der Waals surface area contributed by atoms with Crippen molar-refractivity contribution in [3.05, 3.63) is 92.2 Å². The Kier molecular flexibility index (Phi) is 9.09. The maximum absolute atomic E-state index is 13.1. The second-order valence-corrected chi connectivity index (χ2v) is 11.8. The molecule has 0 saturated carbocycles. The van der Waals surface area contributed by atoms with Crippen molar-refractivity contribution in [3.8, 4) is 0 Å². The van der Waals surface area contributed by atoms with Gasteiger partial charge < -0.3 is 10.2 Å². The summed E-state index contributed by atoms with van der Waals surface area (Å²) >= 11 is 12.6. The second kappa shape index (κ2) is 12.7. The lowest BCUT2D eigenvalue weighted by Gasteiger charge is -2.33. The number of benzene rings is 2. The molecule has 1 aromatic heterocycles. The monoisotopic (exact) mass is 578 g/mol. The van der Waals surface area contributed by atoms with Gasteiger partial charge in [-0.1, -0.05) is 47.5 Å². The molecule has 3 aromatic rings. The van der Waals surface area contributed by atoms with Gasteiger partial charge in [0.2, 0.25) is 5.91 Å². The van der Waals surface area contributed by atoms with Crippen molar-refractivity contribution in [2.75, 3.05) is 32.0 Å². The van der Waals surface area contributed by atoms with E-state index in [4.69, 9.17) is 28.2 Å². The number of anilines is 1. The highest BCUT2D eigenvalue weighted by molar-refractivity contribution is 6.42. The van der Waals surface area contributed by atoms with Crippen molar-refractivity contribution in [3.63, 3.8) is 0 Å². The lowest BCUT2D eigenvalue weighted by molar-refractivity contribution is -0.114. The van der Waals surface area contributed by atoms with E-state index in [2.05, 4.69) is 10.2 Å². The fourth-order valence-electron chi connectivity index (χ4n) is 5.98. The first-order chi connectivity index (χ1) is 19.3. The smallest absolute Gasteiger partial charge is 0.253 e. The number of halogens is 2. The molecule has 0 radical (unpaired) electrons. The van der Waals surface area contributed by atoms with Gasteiger partial charge in [0.25, 0.3) is 5.91 Å². The Balaban J connectivity index is 1.35. The molecule has 0 fully saturated rings. The highest BCUT2D eigenvalue weighted by atomic mass is 35.5. The molecule has 2 heterocycles. The zero-order valence-electron chi connectivity index (χ0n) is 23.2. The predicted octanol–water partition coefficient (Wildman–Crippen LogP) is 6.53. The van der Waals surface area contributed by atoms with Crippen LogP contribution in [0.5, 0.6) is 0 Å². The number of rotatable bonds is 8. The Morgan fingerprint density at radius 1 is 1.00 bits per heavy atom. The highest BCUT2D eigenvalue weighted by Gasteiger charge is 2.28. The molecule has 0 unspecified atom stereocenters. The summed E-state index contributed by atoms with van der Waals surface area (Å²) in [7, 11) is 1.85. The summed E-state index contributed by atoms with van der Waals surface area (Å²) in [4.78, 5) is 34.6. The number of hydrogen-bond donors (Lipinski definition) is 1. The van der Waals surface area contributed by atoms with Crippen LogP contribution in [0.25, 0.3) is 0 Å². The fourth-order valence-corrected chi connectivity index (χ4v) is 6.29. The molecule has 2 amide bonds. The van der Waals surface area contributed by atoms with Gasteiger partial charge in [-0.3, -0.25) is 19.5 Å². The number of fused-ring (bicyclic) bond motifs is 2. The van der Waals surface area contributed by atoms with Crippen molar-refractivity contribution in [1.82, 2.24) is 14.8 Å². The predicted molar refractivity (Wildman–Crippen MR) is 161 cm³/mol. The number of nitrogens with one attached hydrogen (secondary N) is 1. The van der Waals surface area contributed by atoms with Gasteiger partial charge in [0, 0.05) is 68.5 Å². The fraction of sp³-hybridized carbons (Fsp3) is 0.406. The van der Waals surface area contributed by atoms with Crippen molar-refractivity contribution >= 4 is 40.7 Å². The summed E-state index contributed by atoms with van der Waals surface area (Å²) in [6.45, 7) is 4.64. The number of hydrogen-bond acceptors (Lipinski definition) is 4. The minimum absolute atomic E-state index is 0.00615. The van der Waals surface area contributed by atoms with Gasteiger partial charge in [-0.25, -0.2) is 0 Å². The van der Waals surface area contributed by atoms with Gasteiger partial charge in [0.15, 0.2) is 0 Å². The zero-order chi connectivity index (χ0) is 28.2. The van der Waals surface area contributed by atoms with E-state index in [1.54, 1.807) is 11.8 Å². The van der Waals surface area contributed by atoms with Crippen LogP contribution in [0.1, 0.15) is 70.5 Å². The minimum Gasteiger partial charge on any atom is -0.341 e. The van der Waals surface area contributed by atoms with Crippen LogP contribution in [-0.4, -0.2) is 53.3 Å². The molecule has 1 aliphatic carbocycles. The molecule has 2 aliphatic rings. The SMILES string of the molecule is CC(=O)Nc1c2c(nc3c1CN(CC[C@H](CN(C)C(=O)c1ccccc1)c1ccc(Cl)c(Cl)c1)CC3)CCCC2. The Bertz CT molecular complexity index is 1400. The average Bonchev–Trinajstić information content (AvgIpc) is 2.96. The molecule has 1 atom stereocenters. The van der Waals surface area contributed by atoms with Crippen LogP contribution in [-0.2, 0) is 30.6 Å². The van der Waals surface area contributed by atoms with Gasteiger partial charge in [-0.05, 0) is 74.0 Å². The van der Waals surface area contributed by atoms with Crippen LogP contribution in [0.4, 0.5) is 5.69 Å². The topological polar surface area (TPSA) is 65.5 Å². The first-order valence-electron chi connectivity index (χ1n) is 14.1. The maximum Gasteiger partial charge on any atom is 0.253 e. The summed E-state index contributed by atoms with van der Waals surface area (Å²) in [5.41, 5.74) is 7.39. The largest absolute Gasteiger partial charge is 0.341 e. The molecule has 5 rings (SSSR count). The normalized spacial score (nSPS) is 15.6. The molecular formula is C32H36Cl2N4O2. The Hall–Kier alpha value is -2.93. The van der Waals surface area contributed by atoms with Crippen molar-refractivity contribution < 1.29 is 9.59 Å². The van der Waals surface area contributed by atoms with Crippen LogP contribution in [0.15, 0.2) is 48.5 Å². The molecule has 210 valence electrons. The van der Waals surface area contributed by atoms with E-state index in [1.807, 2.05) is 55.6 Å². The van der Waals surface area contributed by atoms with Crippen LogP contribution in [0.3, 0.4) is 0 Å². The van der Waals surface area contributed by atoms with E-state index in [1.165, 1.54) is 5.56 Å². The molecule has 2 aromatic carbocycles. The van der Waals surface area contributed by atoms with Crippen LogP contribution in [0, 0.1) is 0 Å². The van der Waals surface area contributed by atoms with Crippen LogP contribution in [0.2, 0.25) is 10.0 Å². The van der Waals surface area contributed by atoms with Crippen molar-refractivity contribution in [2.24, 2.45) is 0 Å². The number of nitrogens with zero attached hydrogens (tertiary/aromatic N) is 3. The van der Waals surface area contributed by atoms with E-state index in [-0.39, 0.29) is 17.7 Å². The summed E-state index contributed by atoms with van der Waals surface area (Å²) < 4.78 is 0. The third-order valence-corrected chi connectivity index (χ3v) is 8.82. The maximum atomic E-state index is 13.1. The third-order valence-electron chi connectivity index (χ3n) is 8.08. The van der Waals surface area contributed by atoms with E-state index in [0.29, 0.717) is 22.2 Å². The van der Waals surface area contributed by atoms with Gasteiger partial charge in [0.1, 0.15) is 0 Å². The molecule has 6 nitrogen and oxygen atoms in total. The van der Waals surface area contributed by atoms with E-state index >= 15 is 0 Å². The molecule has 40 heavy (non-hydrogen) atoms. The molecule has 0 bridgehead atoms. The molecule has 8 heteroatoms. The molecule has 0 saturated heterocycles. The lowest BCUT2D eigenvalue weighted by atomic mass is 9.89. The van der Waals surface area contributed by atoms with E-state index in [9.17, 15) is 9.59 Å². The summed E-state index contributed by atoms with van der Waals surface area (Å²) in [5.74, 6) is 0.0303. The average molecular weight is 580 g/mol. The first-order valence-corrected chi connectivity index (χ1v) is 14.8. The number of likely N-dealkylation sites (N-methyl/N-ethyl adjacent to an activating group) is 1. The number of pyridine rings is 1. The standard InChI is InChI=1S/C32H36Cl2N4O2/c1-21(39)35-31-25-10-6-7-11-29(25)36-30-15-17-38(20-26(30)31)16-14-24(23-12-13-27(33)28(34)18-23)19-37(2)32(40)22-8-4-3-5-9-22/h3-5,8-9,12-13,18,24H,6-7,10-11,14-17,19-20H2,1-2H3,(H,35,36,39)/t24-/m1/s1. The van der Waals surface area contributed by atoms with E-state index < -0.39 is 0 Å². The van der Waals surface area contributed by atoms with Crippen LogP contribution >= 0.6 is 23.2 Å². The molecular weight excluding hydrogens is 543 g/mol. The Morgan fingerprint density at radius 2 is 1.75 bits per heavy atom. The van der Waals surface area contributed by atoms with Gasteiger partial charge >= 0.3 is 0 Å². The lowest BCUT2D eigenvalue weighted by Crippen LogP contribution is -2.36. The highest BCUT2D eigenvalue weighted by Crippen LogP contribution is 2.35. The zero-order valence-corrected chi connectivity index (χ0v) is 24.7. The number of aromatic nitrogens is 1. The minimum atomic E-state index is -0.0379. The van der Waals surface area contributed by atoms with Gasteiger partial charge in [0.05, 0.1) is 15.7 Å². The number of amides is 2. The third kappa shape index (κ3) is 6.51. The second-order valence-electron chi connectivity index (χ2n) is 11.0. The van der Waals surface area contributed by atoms with Gasteiger partial charge in [-0.2, -0.15) is 0 Å². The van der Waals surface area contributed by atoms with Crippen LogP contribution < -0.4 is 5.32 Å². The van der Waals surface area contributed by atoms with Crippen molar-refractivity contribution in [2.45, 2.75) is 57.9 Å². The molecule has 1 N–H and O–H groups in total. The van der Waals surface area contributed by atoms with Crippen molar-refractivity contribution in [1.29, 1.82) is 0 Å². The molecule has 0 spiro atoms. The molecule has 1 aliphatic heterocycles.